The van der Waals surface area contributed by atoms with Gasteiger partial charge in [-0.25, -0.2) is 0 Å². The maximum atomic E-state index is 3.72. The number of hydrogen-bond acceptors (Lipinski definition) is 1. The van der Waals surface area contributed by atoms with Crippen LogP contribution in [-0.2, 0) is 0 Å². The highest BCUT2D eigenvalue weighted by Gasteiger charge is 2.24. The molecule has 1 N–H and O–H groups in total. The molecule has 0 bridgehead atoms. The molecule has 0 amide bonds. The second-order valence-electron chi connectivity index (χ2n) is 6.02. The molecular weight excluding hydrogens is 242 g/mol. The van der Waals surface area contributed by atoms with E-state index < -0.39 is 0 Å². The summed E-state index contributed by atoms with van der Waals surface area (Å²) < 4.78 is 0. The van der Waals surface area contributed by atoms with Crippen LogP contribution in [0, 0.1) is 0 Å². The zero-order valence-corrected chi connectivity index (χ0v) is 12.4. The van der Waals surface area contributed by atoms with Gasteiger partial charge in [-0.2, -0.15) is 0 Å². The first-order chi connectivity index (χ1) is 9.88. The molecule has 1 aliphatic rings. The van der Waals surface area contributed by atoms with Crippen LogP contribution in [0.4, 0.5) is 0 Å². The van der Waals surface area contributed by atoms with Gasteiger partial charge in [0.2, 0.25) is 0 Å². The number of nitrogens with one attached hydrogen (secondary N) is 1. The van der Waals surface area contributed by atoms with E-state index in [9.17, 15) is 0 Å². The molecule has 1 nitrogen and oxygen atoms in total. The lowest BCUT2D eigenvalue weighted by Crippen LogP contribution is -2.34. The van der Waals surface area contributed by atoms with Crippen LogP contribution in [0.3, 0.4) is 0 Å². The van der Waals surface area contributed by atoms with E-state index in [1.807, 2.05) is 0 Å². The van der Waals surface area contributed by atoms with Crippen molar-refractivity contribution in [2.75, 3.05) is 6.54 Å². The number of likely N-dealkylation sites (N-methyl/N-ethyl adjacent to an activating group) is 1. The van der Waals surface area contributed by atoms with Gasteiger partial charge in [-0.1, -0.05) is 68.7 Å². The van der Waals surface area contributed by atoms with Crippen molar-refractivity contribution in [2.45, 2.75) is 51.0 Å². The largest absolute Gasteiger partial charge is 0.314 e. The Hall–Kier alpha value is -1.34. The third-order valence-electron chi connectivity index (χ3n) is 4.68. The average Bonchev–Trinajstić information content (AvgIpc) is 2.73. The second-order valence-corrected chi connectivity index (χ2v) is 6.02. The highest BCUT2D eigenvalue weighted by Crippen LogP contribution is 2.33. The minimum Gasteiger partial charge on any atom is -0.314 e. The van der Waals surface area contributed by atoms with E-state index in [1.165, 1.54) is 48.4 Å². The molecule has 1 fully saturated rings. The lowest BCUT2D eigenvalue weighted by Gasteiger charge is -2.26. The molecule has 0 heterocycles. The Bertz CT molecular complexity index is 560. The van der Waals surface area contributed by atoms with Crippen LogP contribution >= 0.6 is 0 Å². The van der Waals surface area contributed by atoms with E-state index in [-0.39, 0.29) is 0 Å². The van der Waals surface area contributed by atoms with E-state index in [0.29, 0.717) is 12.0 Å². The van der Waals surface area contributed by atoms with Crippen LogP contribution in [0.5, 0.6) is 0 Å². The Morgan fingerprint density at radius 3 is 2.60 bits per heavy atom. The van der Waals surface area contributed by atoms with Crippen LogP contribution in [-0.4, -0.2) is 12.6 Å². The van der Waals surface area contributed by atoms with Crippen LogP contribution in [0.1, 0.15) is 50.5 Å². The lowest BCUT2D eigenvalue weighted by atomic mass is 9.86. The van der Waals surface area contributed by atoms with Gasteiger partial charge in [0.1, 0.15) is 0 Å². The zero-order chi connectivity index (χ0) is 13.8. The van der Waals surface area contributed by atoms with Crippen molar-refractivity contribution in [3.05, 3.63) is 48.0 Å². The topological polar surface area (TPSA) is 12.0 Å². The summed E-state index contributed by atoms with van der Waals surface area (Å²) in [5.74, 6) is 0.682. The van der Waals surface area contributed by atoms with Crippen molar-refractivity contribution in [3.63, 3.8) is 0 Å². The van der Waals surface area contributed by atoms with Crippen molar-refractivity contribution in [3.8, 4) is 0 Å². The Morgan fingerprint density at radius 1 is 0.950 bits per heavy atom. The van der Waals surface area contributed by atoms with E-state index in [2.05, 4.69) is 54.7 Å². The highest BCUT2D eigenvalue weighted by atomic mass is 14.9. The Kier molecular flexibility index (Phi) is 4.37. The van der Waals surface area contributed by atoms with E-state index in [1.54, 1.807) is 0 Å². The fourth-order valence-corrected chi connectivity index (χ4v) is 3.65. The van der Waals surface area contributed by atoms with Crippen molar-refractivity contribution < 1.29 is 0 Å². The number of benzene rings is 2. The standard InChI is InChI=1S/C19H25N/c1-2-20-19-11-5-3-4-10-18(19)17-13-12-15-8-6-7-9-16(15)14-17/h6-9,12-14,18-20H,2-5,10-11H2,1H3. The van der Waals surface area contributed by atoms with Crippen LogP contribution in [0.15, 0.2) is 42.5 Å². The second kappa shape index (κ2) is 6.41. The molecule has 1 saturated carbocycles. The third-order valence-corrected chi connectivity index (χ3v) is 4.68. The first-order valence-corrected chi connectivity index (χ1v) is 8.10. The molecule has 0 aliphatic heterocycles. The summed E-state index contributed by atoms with van der Waals surface area (Å²) in [4.78, 5) is 0. The minimum absolute atomic E-state index is 0.656. The van der Waals surface area contributed by atoms with Gasteiger partial charge < -0.3 is 5.32 Å². The Morgan fingerprint density at radius 2 is 1.75 bits per heavy atom. The van der Waals surface area contributed by atoms with Crippen LogP contribution in [0.2, 0.25) is 0 Å². The van der Waals surface area contributed by atoms with E-state index in [0.717, 1.165) is 6.54 Å². The molecule has 106 valence electrons. The van der Waals surface area contributed by atoms with Gasteiger partial charge in [-0.15, -0.1) is 0 Å². The monoisotopic (exact) mass is 267 g/mol. The van der Waals surface area contributed by atoms with Crippen molar-refractivity contribution in [2.24, 2.45) is 0 Å². The number of fused-ring (bicyclic) bond motifs is 1. The summed E-state index contributed by atoms with van der Waals surface area (Å²) in [5, 5.41) is 6.45. The normalized spacial score (nSPS) is 23.6. The Labute approximate surface area is 122 Å². The van der Waals surface area contributed by atoms with Crippen molar-refractivity contribution >= 4 is 10.8 Å². The van der Waals surface area contributed by atoms with Crippen molar-refractivity contribution in [1.82, 2.24) is 5.32 Å². The molecule has 20 heavy (non-hydrogen) atoms. The summed E-state index contributed by atoms with van der Waals surface area (Å²) in [5.41, 5.74) is 1.52. The fraction of sp³-hybridized carbons (Fsp3) is 0.474. The molecule has 1 heteroatoms. The molecule has 2 atom stereocenters. The quantitative estimate of drug-likeness (QED) is 0.783. The van der Waals surface area contributed by atoms with Gasteiger partial charge in [0.15, 0.2) is 0 Å². The summed E-state index contributed by atoms with van der Waals surface area (Å²) in [6, 6.07) is 16.4. The lowest BCUT2D eigenvalue weighted by molar-refractivity contribution is 0.419. The molecule has 0 aromatic heterocycles. The van der Waals surface area contributed by atoms with E-state index >= 15 is 0 Å². The SMILES string of the molecule is CCNC1CCCCCC1c1ccc2ccccc2c1. The molecule has 2 aromatic carbocycles. The van der Waals surface area contributed by atoms with Gasteiger partial charge >= 0.3 is 0 Å². The fourth-order valence-electron chi connectivity index (χ4n) is 3.65. The van der Waals surface area contributed by atoms with Gasteiger partial charge in [-0.05, 0) is 41.6 Å². The number of rotatable bonds is 3. The zero-order valence-electron chi connectivity index (χ0n) is 12.4. The molecule has 2 aromatic rings. The van der Waals surface area contributed by atoms with E-state index in [4.69, 9.17) is 0 Å². The van der Waals surface area contributed by atoms with Crippen LogP contribution in [0.25, 0.3) is 10.8 Å². The summed E-state index contributed by atoms with van der Waals surface area (Å²) in [6.07, 6.45) is 6.80. The molecular formula is C19H25N. The number of hydrogen-bond donors (Lipinski definition) is 1. The predicted octanol–water partition coefficient (Wildman–Crippen LogP) is 4.87. The highest BCUT2D eigenvalue weighted by molar-refractivity contribution is 5.83. The molecule has 0 saturated heterocycles. The van der Waals surface area contributed by atoms with Crippen molar-refractivity contribution in [1.29, 1.82) is 0 Å². The minimum atomic E-state index is 0.656. The van der Waals surface area contributed by atoms with Gasteiger partial charge in [0.25, 0.3) is 0 Å². The summed E-state index contributed by atoms with van der Waals surface area (Å²) >= 11 is 0. The van der Waals surface area contributed by atoms with Crippen LogP contribution < -0.4 is 5.32 Å². The molecule has 3 rings (SSSR count). The molecule has 2 unspecified atom stereocenters. The summed E-state index contributed by atoms with van der Waals surface area (Å²) in [7, 11) is 0. The first kappa shape index (κ1) is 13.6. The molecule has 1 aliphatic carbocycles. The van der Waals surface area contributed by atoms with Gasteiger partial charge in [0.05, 0.1) is 0 Å². The first-order valence-electron chi connectivity index (χ1n) is 8.10. The Balaban J connectivity index is 1.93. The molecule has 0 spiro atoms. The summed E-state index contributed by atoms with van der Waals surface area (Å²) in [6.45, 7) is 3.30. The molecule has 0 radical (unpaired) electrons. The predicted molar refractivity (Wildman–Crippen MR) is 87.2 cm³/mol. The van der Waals surface area contributed by atoms with Gasteiger partial charge in [-0.3, -0.25) is 0 Å². The van der Waals surface area contributed by atoms with Gasteiger partial charge in [0, 0.05) is 6.04 Å². The maximum absolute atomic E-state index is 3.72. The smallest absolute Gasteiger partial charge is 0.0136 e. The maximum Gasteiger partial charge on any atom is 0.0136 e. The average molecular weight is 267 g/mol. The third kappa shape index (κ3) is 2.88.